The highest BCUT2D eigenvalue weighted by atomic mass is 35.5. The van der Waals surface area contributed by atoms with Crippen LogP contribution in [-0.4, -0.2) is 59.1 Å². The van der Waals surface area contributed by atoms with Crippen molar-refractivity contribution >= 4 is 35.5 Å². The van der Waals surface area contributed by atoms with E-state index in [0.717, 1.165) is 56.3 Å². The maximum Gasteiger partial charge on any atom is 0.295 e. The molecule has 1 fully saturated rings. The van der Waals surface area contributed by atoms with Gasteiger partial charge in [-0.3, -0.25) is 4.90 Å². The van der Waals surface area contributed by atoms with E-state index in [9.17, 15) is 0 Å². The predicted molar refractivity (Wildman–Crippen MR) is 100 cm³/mol. The Morgan fingerprint density at radius 3 is 2.52 bits per heavy atom. The van der Waals surface area contributed by atoms with E-state index in [0.29, 0.717) is 6.01 Å². The lowest BCUT2D eigenvalue weighted by molar-refractivity contribution is 0.265. The Hall–Kier alpha value is -2.38. The summed E-state index contributed by atoms with van der Waals surface area (Å²) < 4.78 is 5.67. The third kappa shape index (κ3) is 4.18. The minimum Gasteiger partial charge on any atom is -0.424 e. The van der Waals surface area contributed by atoms with Crippen LogP contribution in [-0.2, 0) is 0 Å². The van der Waals surface area contributed by atoms with Gasteiger partial charge in [0, 0.05) is 51.7 Å². The molecule has 0 bridgehead atoms. The van der Waals surface area contributed by atoms with Crippen LogP contribution in [0, 0.1) is 0 Å². The van der Waals surface area contributed by atoms with Crippen molar-refractivity contribution in [2.45, 2.75) is 0 Å². The van der Waals surface area contributed by atoms with Gasteiger partial charge in [0.25, 0.3) is 6.01 Å². The van der Waals surface area contributed by atoms with E-state index >= 15 is 0 Å². The molecule has 4 rings (SSSR count). The molecule has 0 unspecified atom stereocenters. The number of rotatable bonds is 5. The molecule has 3 aromatic rings. The number of anilines is 2. The summed E-state index contributed by atoms with van der Waals surface area (Å²) in [6, 6.07) is 10.2. The van der Waals surface area contributed by atoms with Gasteiger partial charge in [-0.1, -0.05) is 12.1 Å². The number of fused-ring (bicyclic) bond motifs is 1. The second-order valence-electron chi connectivity index (χ2n) is 5.79. The first kappa shape index (κ1) is 17.4. The molecular formula is C17H21ClN6O. The summed E-state index contributed by atoms with van der Waals surface area (Å²) in [5, 5.41) is 3.27. The van der Waals surface area contributed by atoms with Crippen molar-refractivity contribution in [2.75, 3.05) is 49.5 Å². The molecule has 8 heteroatoms. The van der Waals surface area contributed by atoms with Crippen LogP contribution in [0.3, 0.4) is 0 Å². The Labute approximate surface area is 152 Å². The average molecular weight is 361 g/mol. The van der Waals surface area contributed by atoms with Gasteiger partial charge in [-0.05, 0) is 18.2 Å². The summed E-state index contributed by atoms with van der Waals surface area (Å²) >= 11 is 0. The fraction of sp³-hybridized carbons (Fsp3) is 0.353. The summed E-state index contributed by atoms with van der Waals surface area (Å²) in [5.74, 6) is 0.821. The van der Waals surface area contributed by atoms with E-state index < -0.39 is 0 Å². The van der Waals surface area contributed by atoms with E-state index in [1.165, 1.54) is 0 Å². The molecule has 25 heavy (non-hydrogen) atoms. The molecule has 3 heterocycles. The fourth-order valence-corrected chi connectivity index (χ4v) is 2.89. The number of oxazole rings is 1. The lowest BCUT2D eigenvalue weighted by Crippen LogP contribution is -2.48. The molecule has 132 valence electrons. The van der Waals surface area contributed by atoms with Crippen molar-refractivity contribution in [2.24, 2.45) is 0 Å². The number of nitrogens with one attached hydrogen (secondary N) is 1. The number of hydrogen-bond acceptors (Lipinski definition) is 7. The van der Waals surface area contributed by atoms with E-state index in [1.54, 1.807) is 12.4 Å². The number of halogens is 1. The van der Waals surface area contributed by atoms with Crippen molar-refractivity contribution in [3.63, 3.8) is 0 Å². The Morgan fingerprint density at radius 2 is 1.76 bits per heavy atom. The van der Waals surface area contributed by atoms with Crippen LogP contribution in [0.5, 0.6) is 0 Å². The van der Waals surface area contributed by atoms with Gasteiger partial charge in [-0.25, -0.2) is 9.97 Å². The average Bonchev–Trinajstić information content (AvgIpc) is 3.06. The minimum absolute atomic E-state index is 0. The van der Waals surface area contributed by atoms with Crippen LogP contribution < -0.4 is 10.2 Å². The van der Waals surface area contributed by atoms with Gasteiger partial charge in [-0.2, -0.15) is 4.98 Å². The van der Waals surface area contributed by atoms with E-state index in [1.807, 2.05) is 30.3 Å². The van der Waals surface area contributed by atoms with E-state index in [4.69, 9.17) is 4.42 Å². The highest BCUT2D eigenvalue weighted by Crippen LogP contribution is 2.17. The zero-order valence-corrected chi connectivity index (χ0v) is 14.7. The first-order chi connectivity index (χ1) is 11.9. The van der Waals surface area contributed by atoms with Gasteiger partial charge in [0.2, 0.25) is 5.95 Å². The number of hydrogen-bond donors (Lipinski definition) is 1. The zero-order valence-electron chi connectivity index (χ0n) is 13.8. The third-order valence-corrected chi connectivity index (χ3v) is 4.21. The molecule has 0 atom stereocenters. The molecular weight excluding hydrogens is 340 g/mol. The Morgan fingerprint density at radius 1 is 1.00 bits per heavy atom. The fourth-order valence-electron chi connectivity index (χ4n) is 2.89. The molecule has 0 spiro atoms. The molecule has 1 saturated heterocycles. The Balaban J connectivity index is 0.00000182. The summed E-state index contributed by atoms with van der Waals surface area (Å²) in [4.78, 5) is 17.7. The number of nitrogens with zero attached hydrogens (tertiary/aromatic N) is 5. The third-order valence-electron chi connectivity index (χ3n) is 4.21. The molecule has 1 N–H and O–H groups in total. The lowest BCUT2D eigenvalue weighted by Gasteiger charge is -2.34. The molecule has 1 aliphatic rings. The van der Waals surface area contributed by atoms with Gasteiger partial charge in [0.15, 0.2) is 5.58 Å². The van der Waals surface area contributed by atoms with Crippen LogP contribution >= 0.6 is 12.4 Å². The van der Waals surface area contributed by atoms with Crippen LogP contribution in [0.2, 0.25) is 0 Å². The molecule has 0 amide bonds. The number of para-hydroxylation sites is 2. The largest absolute Gasteiger partial charge is 0.424 e. The first-order valence-corrected chi connectivity index (χ1v) is 8.22. The van der Waals surface area contributed by atoms with Gasteiger partial charge in [0.05, 0.1) is 0 Å². The lowest BCUT2D eigenvalue weighted by atomic mass is 10.3. The SMILES string of the molecule is Cl.c1cnc(N2CCN(CCNc3nc4ccccc4o3)CC2)nc1. The number of benzene rings is 1. The summed E-state index contributed by atoms with van der Waals surface area (Å²) in [6.07, 6.45) is 3.58. The monoisotopic (exact) mass is 360 g/mol. The van der Waals surface area contributed by atoms with Crippen molar-refractivity contribution < 1.29 is 4.42 Å². The molecule has 0 aliphatic carbocycles. The first-order valence-electron chi connectivity index (χ1n) is 8.22. The molecule has 1 aromatic carbocycles. The van der Waals surface area contributed by atoms with Crippen molar-refractivity contribution in [1.82, 2.24) is 19.9 Å². The molecule has 1 aliphatic heterocycles. The topological polar surface area (TPSA) is 70.3 Å². The molecule has 0 radical (unpaired) electrons. The standard InChI is InChI=1S/C17H20N6O.ClH/c1-2-5-15-14(4-1)21-17(24-15)20-8-9-22-10-12-23(13-11-22)16-18-6-3-7-19-16;/h1-7H,8-13H2,(H,20,21);1H. The van der Waals surface area contributed by atoms with Gasteiger partial charge in [0.1, 0.15) is 5.52 Å². The molecule has 2 aromatic heterocycles. The zero-order chi connectivity index (χ0) is 16.2. The molecule has 7 nitrogen and oxygen atoms in total. The normalized spacial score (nSPS) is 15.1. The smallest absolute Gasteiger partial charge is 0.295 e. The quantitative estimate of drug-likeness (QED) is 0.748. The van der Waals surface area contributed by atoms with Crippen LogP contribution in [0.4, 0.5) is 12.0 Å². The van der Waals surface area contributed by atoms with Crippen LogP contribution in [0.15, 0.2) is 47.1 Å². The highest BCUT2D eigenvalue weighted by Gasteiger charge is 2.18. The summed E-state index contributed by atoms with van der Waals surface area (Å²) in [5.41, 5.74) is 1.70. The Bertz CT molecular complexity index is 755. The van der Waals surface area contributed by atoms with Crippen molar-refractivity contribution in [3.8, 4) is 0 Å². The predicted octanol–water partition coefficient (Wildman–Crippen LogP) is 2.27. The van der Waals surface area contributed by atoms with Crippen LogP contribution in [0.25, 0.3) is 11.1 Å². The second-order valence-corrected chi connectivity index (χ2v) is 5.79. The summed E-state index contributed by atoms with van der Waals surface area (Å²) in [6.45, 7) is 5.69. The summed E-state index contributed by atoms with van der Waals surface area (Å²) in [7, 11) is 0. The van der Waals surface area contributed by atoms with Crippen molar-refractivity contribution in [1.29, 1.82) is 0 Å². The van der Waals surface area contributed by atoms with Crippen molar-refractivity contribution in [3.05, 3.63) is 42.7 Å². The van der Waals surface area contributed by atoms with E-state index in [-0.39, 0.29) is 12.4 Å². The maximum absolute atomic E-state index is 5.67. The number of piperazine rings is 1. The minimum atomic E-state index is 0. The van der Waals surface area contributed by atoms with Gasteiger partial charge < -0.3 is 14.6 Å². The second kappa shape index (κ2) is 8.13. The highest BCUT2D eigenvalue weighted by molar-refractivity contribution is 5.85. The van der Waals surface area contributed by atoms with E-state index in [2.05, 4.69) is 30.1 Å². The van der Waals surface area contributed by atoms with Gasteiger partial charge >= 0.3 is 0 Å². The van der Waals surface area contributed by atoms with Gasteiger partial charge in [-0.15, -0.1) is 12.4 Å². The van der Waals surface area contributed by atoms with Crippen LogP contribution in [0.1, 0.15) is 0 Å². The Kier molecular flexibility index (Phi) is 5.67. The maximum atomic E-state index is 5.67. The number of aromatic nitrogens is 3. The molecule has 0 saturated carbocycles.